The molecule has 1 aromatic rings. The molecule has 0 saturated heterocycles. The number of aliphatic hydroxyl groups excluding tert-OH is 1. The number of aliphatic hydroxyl groups is 1. The summed E-state index contributed by atoms with van der Waals surface area (Å²) in [4.78, 5) is 0. The van der Waals surface area contributed by atoms with E-state index in [-0.39, 0.29) is 12.0 Å². The second kappa shape index (κ2) is 4.36. The maximum Gasteiger partial charge on any atom is 0.0534 e. The summed E-state index contributed by atoms with van der Waals surface area (Å²) in [5.74, 6) is 1.03. The van der Waals surface area contributed by atoms with Crippen LogP contribution in [-0.2, 0) is 5.41 Å². The summed E-state index contributed by atoms with van der Waals surface area (Å²) in [5.41, 5.74) is 3.90. The lowest BCUT2D eigenvalue weighted by Crippen LogP contribution is -2.13. The molecule has 0 aromatic heterocycles. The molecule has 0 atom stereocenters. The fourth-order valence-electron chi connectivity index (χ4n) is 1.55. The SMILES string of the molecule is C[C](CO)c1cc(C)cc(C(C)(C)C)c1. The van der Waals surface area contributed by atoms with Crippen molar-refractivity contribution in [3.8, 4) is 0 Å². The van der Waals surface area contributed by atoms with Gasteiger partial charge in [0, 0.05) is 5.92 Å². The molecule has 0 fully saturated rings. The first kappa shape index (κ1) is 12.3. The van der Waals surface area contributed by atoms with Crippen LogP contribution in [0.5, 0.6) is 0 Å². The van der Waals surface area contributed by atoms with Crippen molar-refractivity contribution in [3.63, 3.8) is 0 Å². The zero-order chi connectivity index (χ0) is 11.6. The van der Waals surface area contributed by atoms with E-state index in [0.29, 0.717) is 0 Å². The fraction of sp³-hybridized carbons (Fsp3) is 0.500. The summed E-state index contributed by atoms with van der Waals surface area (Å²) in [6.45, 7) is 10.8. The smallest absolute Gasteiger partial charge is 0.0534 e. The van der Waals surface area contributed by atoms with Gasteiger partial charge in [-0.2, -0.15) is 0 Å². The summed E-state index contributed by atoms with van der Waals surface area (Å²) < 4.78 is 0. The monoisotopic (exact) mass is 205 g/mol. The second-order valence-electron chi connectivity index (χ2n) is 5.28. The van der Waals surface area contributed by atoms with E-state index in [1.54, 1.807) is 0 Å². The summed E-state index contributed by atoms with van der Waals surface area (Å²) in [5, 5.41) is 9.14. The molecule has 1 radical (unpaired) electrons. The average molecular weight is 205 g/mol. The predicted octanol–water partition coefficient (Wildman–Crippen LogP) is 3.23. The minimum Gasteiger partial charge on any atom is -0.395 e. The van der Waals surface area contributed by atoms with Gasteiger partial charge in [0.25, 0.3) is 0 Å². The Balaban J connectivity index is 3.17. The third-order valence-corrected chi connectivity index (χ3v) is 2.67. The second-order valence-corrected chi connectivity index (χ2v) is 5.28. The number of rotatable bonds is 2. The largest absolute Gasteiger partial charge is 0.395 e. The summed E-state index contributed by atoms with van der Waals surface area (Å²) >= 11 is 0. The third kappa shape index (κ3) is 3.07. The predicted molar refractivity (Wildman–Crippen MR) is 65.0 cm³/mol. The van der Waals surface area contributed by atoms with Gasteiger partial charge in [0.2, 0.25) is 0 Å². The Bertz CT molecular complexity index is 334. The molecule has 0 spiro atoms. The van der Waals surface area contributed by atoms with Gasteiger partial charge in [0.1, 0.15) is 0 Å². The topological polar surface area (TPSA) is 20.2 Å². The highest BCUT2D eigenvalue weighted by Crippen LogP contribution is 2.26. The molecule has 83 valence electrons. The van der Waals surface area contributed by atoms with Crippen molar-refractivity contribution in [2.75, 3.05) is 6.61 Å². The van der Waals surface area contributed by atoms with Crippen LogP contribution in [0.15, 0.2) is 18.2 Å². The molecule has 0 aliphatic heterocycles. The highest BCUT2D eigenvalue weighted by atomic mass is 16.3. The molecule has 1 aromatic carbocycles. The van der Waals surface area contributed by atoms with Crippen molar-refractivity contribution in [1.82, 2.24) is 0 Å². The van der Waals surface area contributed by atoms with Gasteiger partial charge in [0.05, 0.1) is 6.61 Å². The van der Waals surface area contributed by atoms with Crippen LogP contribution in [0.1, 0.15) is 44.4 Å². The highest BCUT2D eigenvalue weighted by molar-refractivity contribution is 5.39. The first-order valence-electron chi connectivity index (χ1n) is 5.40. The van der Waals surface area contributed by atoms with Crippen molar-refractivity contribution in [1.29, 1.82) is 0 Å². The highest BCUT2D eigenvalue weighted by Gasteiger charge is 2.16. The fourth-order valence-corrected chi connectivity index (χ4v) is 1.55. The van der Waals surface area contributed by atoms with Crippen LogP contribution in [0, 0.1) is 12.8 Å². The van der Waals surface area contributed by atoms with E-state index in [2.05, 4.69) is 45.9 Å². The first-order chi connectivity index (χ1) is 6.84. The van der Waals surface area contributed by atoms with Crippen molar-refractivity contribution >= 4 is 0 Å². The first-order valence-corrected chi connectivity index (χ1v) is 5.40. The lowest BCUT2D eigenvalue weighted by Gasteiger charge is -2.22. The zero-order valence-electron chi connectivity index (χ0n) is 10.4. The van der Waals surface area contributed by atoms with Crippen LogP contribution in [0.25, 0.3) is 0 Å². The van der Waals surface area contributed by atoms with E-state index in [9.17, 15) is 0 Å². The molecular weight excluding hydrogens is 184 g/mol. The zero-order valence-corrected chi connectivity index (χ0v) is 10.4. The van der Waals surface area contributed by atoms with Crippen molar-refractivity contribution in [2.24, 2.45) is 0 Å². The molecule has 0 aliphatic carbocycles. The van der Waals surface area contributed by atoms with Crippen LogP contribution in [0.2, 0.25) is 0 Å². The molecule has 0 bridgehead atoms. The molecule has 1 N–H and O–H groups in total. The van der Waals surface area contributed by atoms with Gasteiger partial charge in [-0.1, -0.05) is 51.5 Å². The quantitative estimate of drug-likeness (QED) is 0.786. The maximum atomic E-state index is 9.14. The molecule has 1 heteroatoms. The Morgan fingerprint density at radius 3 is 2.27 bits per heavy atom. The van der Waals surface area contributed by atoms with Gasteiger partial charge < -0.3 is 5.11 Å². The van der Waals surface area contributed by atoms with E-state index in [1.165, 1.54) is 11.1 Å². The van der Waals surface area contributed by atoms with Crippen molar-refractivity contribution in [3.05, 3.63) is 40.8 Å². The third-order valence-electron chi connectivity index (χ3n) is 2.67. The lowest BCUT2D eigenvalue weighted by atomic mass is 9.83. The molecule has 0 amide bonds. The molecule has 15 heavy (non-hydrogen) atoms. The van der Waals surface area contributed by atoms with E-state index in [4.69, 9.17) is 5.11 Å². The van der Waals surface area contributed by atoms with Gasteiger partial charge >= 0.3 is 0 Å². The van der Waals surface area contributed by atoms with E-state index >= 15 is 0 Å². The Labute approximate surface area is 93.1 Å². The van der Waals surface area contributed by atoms with Crippen LogP contribution < -0.4 is 0 Å². The molecule has 0 unspecified atom stereocenters. The van der Waals surface area contributed by atoms with Crippen LogP contribution in [0.4, 0.5) is 0 Å². The lowest BCUT2D eigenvalue weighted by molar-refractivity contribution is 0.315. The van der Waals surface area contributed by atoms with Crippen molar-refractivity contribution in [2.45, 2.75) is 40.0 Å². The minimum atomic E-state index is 0.132. The van der Waals surface area contributed by atoms with Crippen molar-refractivity contribution < 1.29 is 5.11 Å². The standard InChI is InChI=1S/C14H21O/c1-10-6-12(11(2)9-15)8-13(7-10)14(3,4)5/h6-8,15H,9H2,1-5H3. The molecular formula is C14H21O. The van der Waals surface area contributed by atoms with Gasteiger partial charge in [-0.25, -0.2) is 0 Å². The number of aryl methyl sites for hydroxylation is 1. The molecule has 0 aliphatic rings. The Morgan fingerprint density at radius 2 is 1.80 bits per heavy atom. The van der Waals surface area contributed by atoms with Gasteiger partial charge in [-0.3, -0.25) is 0 Å². The Hall–Kier alpha value is -0.820. The summed E-state index contributed by atoms with van der Waals surface area (Å²) in [6, 6.07) is 6.52. The minimum absolute atomic E-state index is 0.132. The van der Waals surface area contributed by atoms with Gasteiger partial charge in [0.15, 0.2) is 0 Å². The number of hydrogen-bond acceptors (Lipinski definition) is 1. The molecule has 0 saturated carbocycles. The van der Waals surface area contributed by atoms with Crippen LogP contribution >= 0.6 is 0 Å². The Morgan fingerprint density at radius 1 is 1.20 bits per heavy atom. The van der Waals surface area contributed by atoms with Gasteiger partial charge in [-0.05, 0) is 23.5 Å². The number of hydrogen-bond donors (Lipinski definition) is 1. The van der Waals surface area contributed by atoms with Crippen LogP contribution in [-0.4, -0.2) is 11.7 Å². The van der Waals surface area contributed by atoms with Crippen LogP contribution in [0.3, 0.4) is 0 Å². The summed E-state index contributed by atoms with van der Waals surface area (Å²) in [6.07, 6.45) is 0. The normalized spacial score (nSPS) is 12.2. The summed E-state index contributed by atoms with van der Waals surface area (Å²) in [7, 11) is 0. The molecule has 0 heterocycles. The van der Waals surface area contributed by atoms with E-state index < -0.39 is 0 Å². The van der Waals surface area contributed by atoms with Gasteiger partial charge in [-0.15, -0.1) is 0 Å². The average Bonchev–Trinajstić information content (AvgIpc) is 2.14. The molecule has 1 rings (SSSR count). The number of benzene rings is 1. The van der Waals surface area contributed by atoms with E-state index in [0.717, 1.165) is 11.5 Å². The molecule has 1 nitrogen and oxygen atoms in total. The maximum absolute atomic E-state index is 9.14. The Kier molecular flexibility index (Phi) is 3.56. The van der Waals surface area contributed by atoms with E-state index in [1.807, 2.05) is 6.92 Å².